The van der Waals surface area contributed by atoms with Gasteiger partial charge in [0.25, 0.3) is 0 Å². The molecule has 39 heavy (non-hydrogen) atoms. The summed E-state index contributed by atoms with van der Waals surface area (Å²) in [5.41, 5.74) is 8.30. The Morgan fingerprint density at radius 2 is 0.744 bits per heavy atom. The van der Waals surface area contributed by atoms with Crippen LogP contribution >= 0.6 is 0 Å². The fourth-order valence-corrected chi connectivity index (χ4v) is 5.72. The lowest BCUT2D eigenvalue weighted by atomic mass is 9.87. The minimum atomic E-state index is 1.13. The number of hydrogen-bond donors (Lipinski definition) is 0. The second kappa shape index (κ2) is 9.96. The van der Waals surface area contributed by atoms with Crippen LogP contribution < -0.4 is 4.90 Å². The van der Waals surface area contributed by atoms with Crippen molar-refractivity contribution in [3.05, 3.63) is 164 Å². The van der Waals surface area contributed by atoms with Gasteiger partial charge >= 0.3 is 0 Å². The van der Waals surface area contributed by atoms with Gasteiger partial charge in [-0.2, -0.15) is 0 Å². The zero-order chi connectivity index (χ0) is 26.0. The zero-order valence-electron chi connectivity index (χ0n) is 21.5. The Hall–Kier alpha value is -5.14. The van der Waals surface area contributed by atoms with E-state index in [0.717, 1.165) is 17.1 Å². The maximum absolute atomic E-state index is 2.38. The van der Waals surface area contributed by atoms with Crippen molar-refractivity contribution in [2.45, 2.75) is 0 Å². The second-order valence-electron chi connectivity index (χ2n) is 9.76. The van der Waals surface area contributed by atoms with Gasteiger partial charge in [-0.1, -0.05) is 133 Å². The summed E-state index contributed by atoms with van der Waals surface area (Å²) in [6.07, 6.45) is 0. The molecule has 0 aliphatic carbocycles. The van der Waals surface area contributed by atoms with Crippen molar-refractivity contribution in [3.8, 4) is 22.3 Å². The van der Waals surface area contributed by atoms with Crippen LogP contribution in [0.4, 0.5) is 17.1 Å². The highest BCUT2D eigenvalue weighted by atomic mass is 15.1. The lowest BCUT2D eigenvalue weighted by molar-refractivity contribution is 1.28. The van der Waals surface area contributed by atoms with Crippen molar-refractivity contribution < 1.29 is 0 Å². The summed E-state index contributed by atoms with van der Waals surface area (Å²) in [7, 11) is 0. The number of benzene rings is 7. The van der Waals surface area contributed by atoms with Gasteiger partial charge in [0, 0.05) is 16.9 Å². The van der Waals surface area contributed by atoms with Crippen LogP contribution in [0.25, 0.3) is 43.8 Å². The fourth-order valence-electron chi connectivity index (χ4n) is 5.72. The Balaban J connectivity index is 1.61. The van der Waals surface area contributed by atoms with Crippen molar-refractivity contribution in [2.75, 3.05) is 4.90 Å². The molecule has 0 bridgehead atoms. The predicted molar refractivity (Wildman–Crippen MR) is 167 cm³/mol. The first-order chi connectivity index (χ1) is 19.4. The van der Waals surface area contributed by atoms with E-state index < -0.39 is 0 Å². The second-order valence-corrected chi connectivity index (χ2v) is 9.76. The Morgan fingerprint density at radius 1 is 0.308 bits per heavy atom. The van der Waals surface area contributed by atoms with E-state index in [4.69, 9.17) is 0 Å². The Labute approximate surface area is 229 Å². The molecule has 0 unspecified atom stereocenters. The molecule has 0 saturated heterocycles. The molecule has 7 aromatic rings. The van der Waals surface area contributed by atoms with Gasteiger partial charge in [-0.25, -0.2) is 0 Å². The van der Waals surface area contributed by atoms with Crippen LogP contribution in [0.15, 0.2) is 164 Å². The lowest BCUT2D eigenvalue weighted by Gasteiger charge is -2.29. The van der Waals surface area contributed by atoms with Crippen LogP contribution in [0.2, 0.25) is 0 Å². The third-order valence-corrected chi connectivity index (χ3v) is 7.45. The molecule has 0 amide bonds. The minimum Gasteiger partial charge on any atom is -0.310 e. The third-order valence-electron chi connectivity index (χ3n) is 7.45. The number of hydrogen-bond acceptors (Lipinski definition) is 1. The van der Waals surface area contributed by atoms with E-state index in [9.17, 15) is 0 Å². The molecule has 0 spiro atoms. The molecule has 0 radical (unpaired) electrons. The first kappa shape index (κ1) is 23.0. The molecule has 0 aromatic heterocycles. The van der Waals surface area contributed by atoms with Crippen LogP contribution in [-0.2, 0) is 0 Å². The van der Waals surface area contributed by atoms with Crippen LogP contribution in [0, 0.1) is 0 Å². The molecule has 0 saturated carbocycles. The highest BCUT2D eigenvalue weighted by Gasteiger charge is 2.22. The van der Waals surface area contributed by atoms with Crippen LogP contribution in [0.1, 0.15) is 0 Å². The van der Waals surface area contributed by atoms with Crippen LogP contribution in [0.5, 0.6) is 0 Å². The fraction of sp³-hybridized carbons (Fsp3) is 0. The van der Waals surface area contributed by atoms with E-state index in [1.807, 2.05) is 0 Å². The van der Waals surface area contributed by atoms with Crippen molar-refractivity contribution in [2.24, 2.45) is 0 Å². The van der Waals surface area contributed by atoms with E-state index in [2.05, 4.69) is 169 Å². The summed E-state index contributed by atoms with van der Waals surface area (Å²) in [6, 6.07) is 58.7. The first-order valence-corrected chi connectivity index (χ1v) is 13.4. The molecule has 1 nitrogen and oxygen atoms in total. The summed E-state index contributed by atoms with van der Waals surface area (Å²) >= 11 is 0. The molecular formula is C38H27N. The molecule has 0 aliphatic heterocycles. The SMILES string of the molecule is c1ccc(N(c2ccccc2)c2cccc(-c3cccc4ccccc34)c2-c2cccc3ccccc23)cc1. The summed E-state index contributed by atoms with van der Waals surface area (Å²) in [5.74, 6) is 0. The number of rotatable bonds is 5. The van der Waals surface area contributed by atoms with Crippen molar-refractivity contribution in [1.29, 1.82) is 0 Å². The predicted octanol–water partition coefficient (Wildman–Crippen LogP) is 10.8. The average Bonchev–Trinajstić information content (AvgIpc) is 3.02. The number of para-hydroxylation sites is 2. The van der Waals surface area contributed by atoms with Gasteiger partial charge in [-0.3, -0.25) is 0 Å². The molecule has 7 rings (SSSR count). The van der Waals surface area contributed by atoms with Crippen LogP contribution in [-0.4, -0.2) is 0 Å². The number of nitrogens with zero attached hydrogens (tertiary/aromatic N) is 1. The highest BCUT2D eigenvalue weighted by Crippen LogP contribution is 2.47. The molecule has 184 valence electrons. The minimum absolute atomic E-state index is 1.13. The van der Waals surface area contributed by atoms with Gasteiger partial charge in [0.05, 0.1) is 5.69 Å². The number of fused-ring (bicyclic) bond motifs is 2. The van der Waals surface area contributed by atoms with E-state index in [1.54, 1.807) is 0 Å². The van der Waals surface area contributed by atoms with E-state index >= 15 is 0 Å². The molecule has 0 aliphatic rings. The largest absolute Gasteiger partial charge is 0.310 e. The van der Waals surface area contributed by atoms with Gasteiger partial charge in [0.2, 0.25) is 0 Å². The molecule has 1 heteroatoms. The smallest absolute Gasteiger partial charge is 0.0546 e. The van der Waals surface area contributed by atoms with Gasteiger partial charge in [0.15, 0.2) is 0 Å². The van der Waals surface area contributed by atoms with E-state index in [-0.39, 0.29) is 0 Å². The Bertz CT molecular complexity index is 1860. The third kappa shape index (κ3) is 4.15. The van der Waals surface area contributed by atoms with Gasteiger partial charge in [0.1, 0.15) is 0 Å². The highest BCUT2D eigenvalue weighted by molar-refractivity contribution is 6.09. The topological polar surface area (TPSA) is 3.24 Å². The van der Waals surface area contributed by atoms with E-state index in [1.165, 1.54) is 43.8 Å². The van der Waals surface area contributed by atoms with Gasteiger partial charge in [-0.15, -0.1) is 0 Å². The van der Waals surface area contributed by atoms with Crippen molar-refractivity contribution in [1.82, 2.24) is 0 Å². The van der Waals surface area contributed by atoms with Crippen LogP contribution in [0.3, 0.4) is 0 Å². The molecule has 0 fully saturated rings. The van der Waals surface area contributed by atoms with Gasteiger partial charge in [-0.05, 0) is 68.6 Å². The Morgan fingerprint density at radius 3 is 1.36 bits per heavy atom. The average molecular weight is 498 g/mol. The monoisotopic (exact) mass is 497 g/mol. The van der Waals surface area contributed by atoms with Gasteiger partial charge < -0.3 is 4.90 Å². The summed E-state index contributed by atoms with van der Waals surface area (Å²) in [6.45, 7) is 0. The molecule has 7 aromatic carbocycles. The van der Waals surface area contributed by atoms with Crippen molar-refractivity contribution >= 4 is 38.6 Å². The Kier molecular flexibility index (Phi) is 5.88. The molecule has 0 heterocycles. The first-order valence-electron chi connectivity index (χ1n) is 13.4. The molecule has 0 N–H and O–H groups in total. The summed E-state index contributed by atoms with van der Waals surface area (Å²) < 4.78 is 0. The van der Waals surface area contributed by atoms with E-state index in [0.29, 0.717) is 0 Å². The van der Waals surface area contributed by atoms with Crippen molar-refractivity contribution in [3.63, 3.8) is 0 Å². The zero-order valence-corrected chi connectivity index (χ0v) is 21.5. The summed E-state index contributed by atoms with van der Waals surface area (Å²) in [4.78, 5) is 2.38. The molecule has 0 atom stereocenters. The maximum atomic E-state index is 2.38. The standard InChI is InChI=1S/C38H27N/c1-3-18-30(19-4-1)39(31-20-5-2-6-21-31)37-27-13-26-36(34-24-11-16-28-14-7-9-22-32(28)34)38(37)35-25-12-17-29-15-8-10-23-33(29)35/h1-27H. The maximum Gasteiger partial charge on any atom is 0.0546 e. The normalized spacial score (nSPS) is 11.1. The number of anilines is 3. The quantitative estimate of drug-likeness (QED) is 0.229. The lowest BCUT2D eigenvalue weighted by Crippen LogP contribution is -2.11. The summed E-state index contributed by atoms with van der Waals surface area (Å²) in [5, 5.41) is 4.98. The molecular weight excluding hydrogens is 470 g/mol.